The van der Waals surface area contributed by atoms with E-state index >= 15 is 0 Å². The maximum atomic E-state index is 12.3. The van der Waals surface area contributed by atoms with E-state index in [1.165, 1.54) is 0 Å². The van der Waals surface area contributed by atoms with Gasteiger partial charge in [-0.2, -0.15) is 0 Å². The maximum absolute atomic E-state index is 12.3. The maximum Gasteiger partial charge on any atom is 0.254 e. The molecule has 0 radical (unpaired) electrons. The second-order valence-corrected chi connectivity index (χ2v) is 4.52. The van der Waals surface area contributed by atoms with Crippen LogP contribution in [-0.4, -0.2) is 40.2 Å². The van der Waals surface area contributed by atoms with E-state index in [2.05, 4.69) is 0 Å². The molecule has 0 fully saturated rings. The molecule has 1 aromatic carbocycles. The highest BCUT2D eigenvalue weighted by molar-refractivity contribution is 5.94. The van der Waals surface area contributed by atoms with Crippen molar-refractivity contribution in [2.24, 2.45) is 0 Å². The van der Waals surface area contributed by atoms with E-state index in [0.717, 1.165) is 5.56 Å². The normalized spacial score (nSPS) is 10.7. The molecule has 0 aliphatic rings. The van der Waals surface area contributed by atoms with Crippen LogP contribution in [0.5, 0.6) is 0 Å². The molecule has 4 nitrogen and oxygen atoms in total. The highest BCUT2D eigenvalue weighted by atomic mass is 16.3. The Balaban J connectivity index is 2.80. The lowest BCUT2D eigenvalue weighted by molar-refractivity contribution is 0.0693. The third-order valence-corrected chi connectivity index (χ3v) is 2.82. The summed E-state index contributed by atoms with van der Waals surface area (Å²) in [6, 6.07) is 7.04. The van der Waals surface area contributed by atoms with Gasteiger partial charge in [-0.1, -0.05) is 12.1 Å². The lowest BCUT2D eigenvalue weighted by Crippen LogP contribution is -2.38. The van der Waals surface area contributed by atoms with E-state index < -0.39 is 0 Å². The van der Waals surface area contributed by atoms with Crippen molar-refractivity contribution in [3.8, 4) is 0 Å². The number of nitrogens with zero attached hydrogens (tertiary/aromatic N) is 1. The fourth-order valence-corrected chi connectivity index (χ4v) is 1.75. The molecule has 4 heteroatoms. The summed E-state index contributed by atoms with van der Waals surface area (Å²) in [6.45, 7) is 4.52. The minimum Gasteiger partial charge on any atom is -0.396 e. The summed E-state index contributed by atoms with van der Waals surface area (Å²) in [5.41, 5.74) is 1.40. The third kappa shape index (κ3) is 3.82. The van der Waals surface area contributed by atoms with Gasteiger partial charge >= 0.3 is 0 Å². The van der Waals surface area contributed by atoms with Crippen LogP contribution in [0, 0.1) is 0 Å². The Morgan fingerprint density at radius 3 is 2.28 bits per heavy atom. The summed E-state index contributed by atoms with van der Waals surface area (Å²) in [4.78, 5) is 14.0. The lowest BCUT2D eigenvalue weighted by Gasteiger charge is -2.26. The molecule has 0 aliphatic heterocycles. The average Bonchev–Trinajstić information content (AvgIpc) is 2.38. The number of benzene rings is 1. The number of amides is 1. The zero-order chi connectivity index (χ0) is 13.5. The summed E-state index contributed by atoms with van der Waals surface area (Å²) in [5, 5.41) is 17.8. The predicted octanol–water partition coefficient (Wildman–Crippen LogP) is 1.41. The number of carbonyl (C=O) groups excluding carboxylic acids is 1. The van der Waals surface area contributed by atoms with E-state index in [1.807, 2.05) is 13.8 Å². The Morgan fingerprint density at radius 2 is 1.83 bits per heavy atom. The second kappa shape index (κ2) is 7.13. The highest BCUT2D eigenvalue weighted by Gasteiger charge is 2.17. The molecule has 18 heavy (non-hydrogen) atoms. The monoisotopic (exact) mass is 251 g/mol. The fraction of sp³-hybridized carbons (Fsp3) is 0.500. The number of aliphatic hydroxyl groups is 2. The van der Waals surface area contributed by atoms with Crippen molar-refractivity contribution < 1.29 is 15.0 Å². The van der Waals surface area contributed by atoms with Crippen LogP contribution in [0.2, 0.25) is 0 Å². The van der Waals surface area contributed by atoms with E-state index in [0.29, 0.717) is 18.5 Å². The summed E-state index contributed by atoms with van der Waals surface area (Å²) >= 11 is 0. The Morgan fingerprint density at radius 1 is 1.22 bits per heavy atom. The van der Waals surface area contributed by atoms with Crippen LogP contribution in [0.1, 0.15) is 36.2 Å². The molecule has 1 rings (SSSR count). The van der Waals surface area contributed by atoms with Crippen LogP contribution in [-0.2, 0) is 6.61 Å². The number of hydrogen-bond acceptors (Lipinski definition) is 3. The van der Waals surface area contributed by atoms with E-state index in [4.69, 9.17) is 10.2 Å². The molecule has 100 valence electrons. The van der Waals surface area contributed by atoms with Gasteiger partial charge in [0.1, 0.15) is 0 Å². The zero-order valence-corrected chi connectivity index (χ0v) is 11.0. The molecule has 2 N–H and O–H groups in total. The number of hydrogen-bond donors (Lipinski definition) is 2. The first-order valence-corrected chi connectivity index (χ1v) is 6.21. The Hall–Kier alpha value is -1.39. The SMILES string of the molecule is CC(C)N(CCCO)C(=O)c1ccc(CO)cc1. The third-order valence-electron chi connectivity index (χ3n) is 2.82. The molecular formula is C14H21NO3. The summed E-state index contributed by atoms with van der Waals surface area (Å²) in [5.74, 6) is -0.0389. The van der Waals surface area contributed by atoms with Crippen LogP contribution < -0.4 is 0 Å². The van der Waals surface area contributed by atoms with Crippen molar-refractivity contribution in [1.29, 1.82) is 0 Å². The van der Waals surface area contributed by atoms with Crippen LogP contribution >= 0.6 is 0 Å². The van der Waals surface area contributed by atoms with E-state index in [1.54, 1.807) is 29.2 Å². The largest absolute Gasteiger partial charge is 0.396 e. The quantitative estimate of drug-likeness (QED) is 0.803. The van der Waals surface area contributed by atoms with Crippen LogP contribution in [0.3, 0.4) is 0 Å². The molecule has 0 bridgehead atoms. The topological polar surface area (TPSA) is 60.8 Å². The molecule has 0 heterocycles. The highest BCUT2D eigenvalue weighted by Crippen LogP contribution is 2.11. The first-order valence-electron chi connectivity index (χ1n) is 6.21. The smallest absolute Gasteiger partial charge is 0.254 e. The zero-order valence-electron chi connectivity index (χ0n) is 11.0. The second-order valence-electron chi connectivity index (χ2n) is 4.52. The first-order chi connectivity index (χ1) is 8.60. The molecule has 0 saturated heterocycles. The van der Waals surface area contributed by atoms with Crippen molar-refractivity contribution in [2.75, 3.05) is 13.2 Å². The summed E-state index contributed by atoms with van der Waals surface area (Å²) in [6.07, 6.45) is 0.582. The Bertz CT molecular complexity index is 373. The molecule has 0 spiro atoms. The van der Waals surface area contributed by atoms with Gasteiger partial charge in [-0.15, -0.1) is 0 Å². The Labute approximate surface area is 108 Å². The molecule has 0 saturated carbocycles. The summed E-state index contributed by atoms with van der Waals surface area (Å²) in [7, 11) is 0. The fourth-order valence-electron chi connectivity index (χ4n) is 1.75. The van der Waals surface area contributed by atoms with Crippen LogP contribution in [0.4, 0.5) is 0 Å². The van der Waals surface area contributed by atoms with Crippen molar-refractivity contribution in [1.82, 2.24) is 4.90 Å². The van der Waals surface area contributed by atoms with Gasteiger partial charge in [0.25, 0.3) is 5.91 Å². The van der Waals surface area contributed by atoms with Gasteiger partial charge < -0.3 is 15.1 Å². The van der Waals surface area contributed by atoms with Gasteiger partial charge in [0, 0.05) is 24.8 Å². The van der Waals surface area contributed by atoms with Gasteiger partial charge in [-0.3, -0.25) is 4.79 Å². The molecular weight excluding hydrogens is 230 g/mol. The summed E-state index contributed by atoms with van der Waals surface area (Å²) < 4.78 is 0. The van der Waals surface area contributed by atoms with Crippen molar-refractivity contribution in [3.63, 3.8) is 0 Å². The number of rotatable bonds is 6. The van der Waals surface area contributed by atoms with Crippen molar-refractivity contribution in [3.05, 3.63) is 35.4 Å². The molecule has 1 aromatic rings. The van der Waals surface area contributed by atoms with Gasteiger partial charge in [0.05, 0.1) is 6.61 Å². The first kappa shape index (κ1) is 14.7. The average molecular weight is 251 g/mol. The number of carbonyl (C=O) groups is 1. The van der Waals surface area contributed by atoms with Gasteiger partial charge in [-0.25, -0.2) is 0 Å². The predicted molar refractivity (Wildman–Crippen MR) is 70.2 cm³/mol. The van der Waals surface area contributed by atoms with Gasteiger partial charge in [-0.05, 0) is 38.0 Å². The minimum atomic E-state index is -0.0389. The molecule has 0 unspecified atom stereocenters. The van der Waals surface area contributed by atoms with Crippen molar-refractivity contribution in [2.45, 2.75) is 32.9 Å². The standard InChI is InChI=1S/C14H21NO3/c1-11(2)15(8-3-9-16)14(18)13-6-4-12(10-17)5-7-13/h4-7,11,16-17H,3,8-10H2,1-2H3. The van der Waals surface area contributed by atoms with E-state index in [-0.39, 0.29) is 25.2 Å². The lowest BCUT2D eigenvalue weighted by atomic mass is 10.1. The van der Waals surface area contributed by atoms with Gasteiger partial charge in [0.15, 0.2) is 0 Å². The minimum absolute atomic E-state index is 0.0210. The Kier molecular flexibility index (Phi) is 5.82. The molecule has 0 aromatic heterocycles. The molecule has 1 amide bonds. The molecule has 0 aliphatic carbocycles. The van der Waals surface area contributed by atoms with Crippen LogP contribution in [0.25, 0.3) is 0 Å². The van der Waals surface area contributed by atoms with Gasteiger partial charge in [0.2, 0.25) is 0 Å². The van der Waals surface area contributed by atoms with Crippen LogP contribution in [0.15, 0.2) is 24.3 Å². The number of aliphatic hydroxyl groups excluding tert-OH is 2. The van der Waals surface area contributed by atoms with E-state index in [9.17, 15) is 4.79 Å². The molecule has 0 atom stereocenters. The van der Waals surface area contributed by atoms with Crippen molar-refractivity contribution >= 4 is 5.91 Å².